The summed E-state index contributed by atoms with van der Waals surface area (Å²) in [7, 11) is 0. The van der Waals surface area contributed by atoms with Crippen LogP contribution in [0.1, 0.15) is 17.3 Å². The SMILES string of the molecule is C[C@@H]1C(=O)N(c2ccc3c(c2)OCO3)CCN1C(=O)c1ccc(Cl)cc1Cl. The second kappa shape index (κ2) is 6.94. The first-order valence-electron chi connectivity index (χ1n) is 8.43. The fourth-order valence-electron chi connectivity index (χ4n) is 3.27. The van der Waals surface area contributed by atoms with Crippen LogP contribution >= 0.6 is 23.2 Å². The van der Waals surface area contributed by atoms with Crippen LogP contribution in [0.2, 0.25) is 10.0 Å². The lowest BCUT2D eigenvalue weighted by atomic mass is 10.1. The number of rotatable bonds is 2. The number of fused-ring (bicyclic) bond motifs is 1. The minimum Gasteiger partial charge on any atom is -0.454 e. The van der Waals surface area contributed by atoms with Crippen LogP contribution in [0, 0.1) is 0 Å². The van der Waals surface area contributed by atoms with Crippen LogP contribution in [0.25, 0.3) is 0 Å². The first-order chi connectivity index (χ1) is 13.0. The van der Waals surface area contributed by atoms with E-state index in [1.807, 2.05) is 6.07 Å². The second-order valence-corrected chi connectivity index (χ2v) is 7.17. The zero-order chi connectivity index (χ0) is 19.1. The summed E-state index contributed by atoms with van der Waals surface area (Å²) in [4.78, 5) is 29.0. The van der Waals surface area contributed by atoms with Crippen molar-refractivity contribution in [2.45, 2.75) is 13.0 Å². The standard InChI is InChI=1S/C19H16Cl2N2O4/c1-11-18(24)23(13-3-5-16-17(9-13)27-10-26-16)7-6-22(11)19(25)14-4-2-12(20)8-15(14)21/h2-5,8-9,11H,6-7,10H2,1H3/t11-/m1/s1. The number of hydrogen-bond acceptors (Lipinski definition) is 4. The Balaban J connectivity index is 1.55. The smallest absolute Gasteiger partial charge is 0.256 e. The monoisotopic (exact) mass is 406 g/mol. The molecular formula is C19H16Cl2N2O4. The average Bonchev–Trinajstić information content (AvgIpc) is 3.11. The average molecular weight is 407 g/mol. The Kier molecular flexibility index (Phi) is 4.61. The maximum Gasteiger partial charge on any atom is 0.256 e. The van der Waals surface area contributed by atoms with Crippen molar-refractivity contribution in [2.24, 2.45) is 0 Å². The summed E-state index contributed by atoms with van der Waals surface area (Å²) in [5, 5.41) is 0.721. The van der Waals surface area contributed by atoms with E-state index in [1.54, 1.807) is 36.1 Å². The van der Waals surface area contributed by atoms with E-state index in [2.05, 4.69) is 0 Å². The van der Waals surface area contributed by atoms with Gasteiger partial charge in [0.1, 0.15) is 6.04 Å². The molecule has 0 radical (unpaired) electrons. The molecule has 1 atom stereocenters. The number of amides is 2. The fourth-order valence-corrected chi connectivity index (χ4v) is 3.76. The highest BCUT2D eigenvalue weighted by molar-refractivity contribution is 6.36. The van der Waals surface area contributed by atoms with Crippen molar-refractivity contribution in [3.05, 3.63) is 52.0 Å². The number of benzene rings is 2. The summed E-state index contributed by atoms with van der Waals surface area (Å²) in [6.07, 6.45) is 0. The molecule has 6 nitrogen and oxygen atoms in total. The lowest BCUT2D eigenvalue weighted by Crippen LogP contribution is -2.57. The molecule has 0 aliphatic carbocycles. The number of halogens is 2. The minimum atomic E-state index is -0.622. The number of ether oxygens (including phenoxy) is 2. The highest BCUT2D eigenvalue weighted by atomic mass is 35.5. The Hall–Kier alpha value is -2.44. The van der Waals surface area contributed by atoms with E-state index in [0.29, 0.717) is 40.9 Å². The van der Waals surface area contributed by atoms with Crippen LogP contribution in [-0.4, -0.2) is 42.6 Å². The molecular weight excluding hydrogens is 391 g/mol. The first kappa shape index (κ1) is 17.9. The zero-order valence-electron chi connectivity index (χ0n) is 14.4. The molecule has 4 rings (SSSR count). The molecule has 0 unspecified atom stereocenters. The maximum atomic E-state index is 12.9. The molecule has 0 saturated carbocycles. The molecule has 8 heteroatoms. The van der Waals surface area contributed by atoms with Gasteiger partial charge in [0, 0.05) is 29.9 Å². The van der Waals surface area contributed by atoms with Crippen LogP contribution < -0.4 is 14.4 Å². The van der Waals surface area contributed by atoms with E-state index in [9.17, 15) is 9.59 Å². The molecule has 2 aliphatic rings. The molecule has 1 fully saturated rings. The predicted octanol–water partition coefficient (Wildman–Crippen LogP) is 3.60. The van der Waals surface area contributed by atoms with Crippen molar-refractivity contribution < 1.29 is 19.1 Å². The molecule has 2 amide bonds. The van der Waals surface area contributed by atoms with Gasteiger partial charge in [-0.15, -0.1) is 0 Å². The van der Waals surface area contributed by atoms with Gasteiger partial charge in [0.15, 0.2) is 11.5 Å². The minimum absolute atomic E-state index is 0.168. The molecule has 27 heavy (non-hydrogen) atoms. The lowest BCUT2D eigenvalue weighted by Gasteiger charge is -2.39. The van der Waals surface area contributed by atoms with Crippen molar-refractivity contribution in [1.29, 1.82) is 0 Å². The third-order valence-electron chi connectivity index (χ3n) is 4.75. The molecule has 1 saturated heterocycles. The van der Waals surface area contributed by atoms with Gasteiger partial charge in [-0.1, -0.05) is 23.2 Å². The van der Waals surface area contributed by atoms with Gasteiger partial charge < -0.3 is 19.3 Å². The van der Waals surface area contributed by atoms with Crippen molar-refractivity contribution >= 4 is 40.7 Å². The number of hydrogen-bond donors (Lipinski definition) is 0. The van der Waals surface area contributed by atoms with Crippen LogP contribution in [0.4, 0.5) is 5.69 Å². The van der Waals surface area contributed by atoms with E-state index in [0.717, 1.165) is 0 Å². The number of carbonyl (C=O) groups excluding carboxylic acids is 2. The Morgan fingerprint density at radius 1 is 1.07 bits per heavy atom. The molecule has 2 heterocycles. The molecule has 0 spiro atoms. The topological polar surface area (TPSA) is 59.1 Å². The lowest BCUT2D eigenvalue weighted by molar-refractivity contribution is -0.124. The van der Waals surface area contributed by atoms with Crippen molar-refractivity contribution in [3.8, 4) is 11.5 Å². The van der Waals surface area contributed by atoms with Crippen LogP contribution in [0.5, 0.6) is 11.5 Å². The largest absolute Gasteiger partial charge is 0.454 e. The summed E-state index contributed by atoms with van der Waals surface area (Å²) < 4.78 is 10.7. The van der Waals surface area contributed by atoms with Crippen molar-refractivity contribution in [3.63, 3.8) is 0 Å². The van der Waals surface area contributed by atoms with Gasteiger partial charge in [-0.25, -0.2) is 0 Å². The highest BCUT2D eigenvalue weighted by Gasteiger charge is 2.36. The Morgan fingerprint density at radius 3 is 2.63 bits per heavy atom. The van der Waals surface area contributed by atoms with Gasteiger partial charge in [0.05, 0.1) is 10.6 Å². The van der Waals surface area contributed by atoms with E-state index >= 15 is 0 Å². The third kappa shape index (κ3) is 3.19. The second-order valence-electron chi connectivity index (χ2n) is 6.33. The van der Waals surface area contributed by atoms with Gasteiger partial charge >= 0.3 is 0 Å². The molecule has 140 valence electrons. The van der Waals surface area contributed by atoms with Gasteiger partial charge in [-0.05, 0) is 37.3 Å². The molecule has 2 aromatic rings. The van der Waals surface area contributed by atoms with Crippen molar-refractivity contribution in [1.82, 2.24) is 4.90 Å². The van der Waals surface area contributed by atoms with E-state index in [4.69, 9.17) is 32.7 Å². The van der Waals surface area contributed by atoms with Gasteiger partial charge in [-0.2, -0.15) is 0 Å². The number of piperazine rings is 1. The van der Waals surface area contributed by atoms with Crippen LogP contribution in [0.3, 0.4) is 0 Å². The summed E-state index contributed by atoms with van der Waals surface area (Å²) >= 11 is 12.1. The Morgan fingerprint density at radius 2 is 1.85 bits per heavy atom. The van der Waals surface area contributed by atoms with Crippen LogP contribution in [0.15, 0.2) is 36.4 Å². The highest BCUT2D eigenvalue weighted by Crippen LogP contribution is 2.36. The maximum absolute atomic E-state index is 12.9. The molecule has 0 aromatic heterocycles. The van der Waals surface area contributed by atoms with E-state index in [1.165, 1.54) is 11.0 Å². The van der Waals surface area contributed by atoms with Crippen molar-refractivity contribution in [2.75, 3.05) is 24.8 Å². The van der Waals surface area contributed by atoms with Gasteiger partial charge in [0.25, 0.3) is 5.91 Å². The number of anilines is 1. The fraction of sp³-hybridized carbons (Fsp3) is 0.263. The quantitative estimate of drug-likeness (QED) is 0.764. The third-order valence-corrected chi connectivity index (χ3v) is 5.29. The normalized spacial score (nSPS) is 18.8. The number of nitrogens with zero attached hydrogens (tertiary/aromatic N) is 2. The van der Waals surface area contributed by atoms with Crippen LogP contribution in [-0.2, 0) is 4.79 Å². The summed E-state index contributed by atoms with van der Waals surface area (Å²) in [6.45, 7) is 2.65. The Labute approximate surface area is 166 Å². The summed E-state index contributed by atoms with van der Waals surface area (Å²) in [6, 6.07) is 9.45. The molecule has 0 N–H and O–H groups in total. The first-order valence-corrected chi connectivity index (χ1v) is 9.18. The summed E-state index contributed by atoms with van der Waals surface area (Å²) in [5.74, 6) is 0.811. The predicted molar refractivity (Wildman–Crippen MR) is 102 cm³/mol. The van der Waals surface area contributed by atoms with Gasteiger partial charge in [0.2, 0.25) is 12.7 Å². The number of carbonyl (C=O) groups is 2. The molecule has 2 aliphatic heterocycles. The Bertz CT molecular complexity index is 934. The summed E-state index contributed by atoms with van der Waals surface area (Å²) in [5.41, 5.74) is 1.05. The zero-order valence-corrected chi connectivity index (χ0v) is 16.0. The van der Waals surface area contributed by atoms with E-state index in [-0.39, 0.29) is 23.6 Å². The molecule has 2 aromatic carbocycles. The van der Waals surface area contributed by atoms with Gasteiger partial charge in [-0.3, -0.25) is 9.59 Å². The molecule has 0 bridgehead atoms. The van der Waals surface area contributed by atoms with E-state index < -0.39 is 6.04 Å².